The van der Waals surface area contributed by atoms with Crippen LogP contribution in [-0.2, 0) is 39.0 Å². The molecule has 16 heteroatoms. The number of β-lactam (4-membered cyclic amide) rings is 1. The van der Waals surface area contributed by atoms with Gasteiger partial charge < -0.3 is 30.1 Å². The van der Waals surface area contributed by atoms with Crippen molar-refractivity contribution in [2.45, 2.75) is 75.4 Å². The molecule has 0 bridgehead atoms. The Morgan fingerprint density at radius 3 is 2.12 bits per heavy atom. The van der Waals surface area contributed by atoms with Gasteiger partial charge in [0.05, 0.1) is 0 Å². The first-order valence-electron chi connectivity index (χ1n) is 20.9. The van der Waals surface area contributed by atoms with Crippen molar-refractivity contribution < 1.29 is 38.2 Å². The molecule has 1 aliphatic carbocycles. The minimum absolute atomic E-state index is 0.0454. The predicted molar refractivity (Wildman–Crippen MR) is 243 cm³/mol. The number of rotatable bonds is 14. The number of carbonyl (C=O) groups excluding carboxylic acids is 4. The SMILES string of the molecule is Cc1ncccc1/C=C\C1=C(C(=O)OC(C)OC(=O)OC2CCCCC2)N2C(=O)[C@@H](NC(=O)C(=NOC(c3ccccc3)(c3ccccc3)c3ccccc3)c3csc(N)n3)[C@H]2SC1. The zero-order valence-corrected chi connectivity index (χ0v) is 36.8. The van der Waals surface area contributed by atoms with Crippen LogP contribution in [0.4, 0.5) is 9.93 Å². The summed E-state index contributed by atoms with van der Waals surface area (Å²) < 4.78 is 16.4. The van der Waals surface area contributed by atoms with Crippen LogP contribution in [0, 0.1) is 6.92 Å². The molecule has 0 radical (unpaired) electrons. The average molecular weight is 899 g/mol. The summed E-state index contributed by atoms with van der Waals surface area (Å²) in [7, 11) is 0. The number of carbonyl (C=O) groups is 4. The lowest BCUT2D eigenvalue weighted by atomic mass is 9.80. The highest BCUT2D eigenvalue weighted by molar-refractivity contribution is 8.00. The van der Waals surface area contributed by atoms with Gasteiger partial charge >= 0.3 is 12.1 Å². The van der Waals surface area contributed by atoms with Gasteiger partial charge in [0.15, 0.2) is 10.8 Å². The van der Waals surface area contributed by atoms with Gasteiger partial charge in [-0.05, 0) is 49.8 Å². The summed E-state index contributed by atoms with van der Waals surface area (Å²) in [5.74, 6) is -1.95. The molecule has 2 amide bonds. The Bertz CT molecular complexity index is 2480. The maximum atomic E-state index is 14.5. The van der Waals surface area contributed by atoms with E-state index in [0.29, 0.717) is 5.57 Å². The van der Waals surface area contributed by atoms with E-state index in [0.717, 1.165) is 71.4 Å². The van der Waals surface area contributed by atoms with E-state index in [-0.39, 0.29) is 34.1 Å². The number of nitrogens with zero attached hydrogens (tertiary/aromatic N) is 4. The minimum Gasteiger partial charge on any atom is -0.431 e. The first-order valence-corrected chi connectivity index (χ1v) is 22.9. The van der Waals surface area contributed by atoms with Crippen molar-refractivity contribution in [2.24, 2.45) is 5.16 Å². The number of thioether (sulfide) groups is 1. The van der Waals surface area contributed by atoms with Crippen molar-refractivity contribution in [3.8, 4) is 0 Å². The van der Waals surface area contributed by atoms with E-state index in [2.05, 4.69) is 20.4 Å². The highest BCUT2D eigenvalue weighted by Gasteiger charge is 2.55. The minimum atomic E-state index is -1.33. The van der Waals surface area contributed by atoms with E-state index in [9.17, 15) is 19.2 Å². The molecule has 1 saturated heterocycles. The summed E-state index contributed by atoms with van der Waals surface area (Å²) in [6, 6.07) is 31.2. The lowest BCUT2D eigenvalue weighted by Crippen LogP contribution is -2.71. The van der Waals surface area contributed by atoms with Crippen molar-refractivity contribution >= 4 is 64.0 Å². The Morgan fingerprint density at radius 1 is 0.891 bits per heavy atom. The molecule has 14 nitrogen and oxygen atoms in total. The molecule has 3 aliphatic rings. The van der Waals surface area contributed by atoms with Gasteiger partial charge in [-0.3, -0.25) is 19.5 Å². The fourth-order valence-corrected chi connectivity index (χ4v) is 9.80. The lowest BCUT2D eigenvalue weighted by molar-refractivity contribution is -0.169. The third-order valence-corrected chi connectivity index (χ3v) is 13.1. The maximum Gasteiger partial charge on any atom is 0.511 e. The fraction of sp³-hybridized carbons (Fsp3) is 0.271. The molecule has 3 aromatic carbocycles. The van der Waals surface area contributed by atoms with Gasteiger partial charge in [-0.2, -0.15) is 0 Å². The summed E-state index contributed by atoms with van der Waals surface area (Å²) in [5, 5.41) is 8.48. The number of oxime groups is 1. The molecule has 3 N–H and O–H groups in total. The second-order valence-corrected chi connectivity index (χ2v) is 17.3. The molecule has 3 atom stereocenters. The van der Waals surface area contributed by atoms with Crippen molar-refractivity contribution in [1.82, 2.24) is 20.2 Å². The Balaban J connectivity index is 1.08. The number of nitrogens with one attached hydrogen (secondary N) is 1. The van der Waals surface area contributed by atoms with Crippen LogP contribution >= 0.6 is 23.1 Å². The number of nitrogen functional groups attached to an aromatic ring is 1. The van der Waals surface area contributed by atoms with Crippen LogP contribution in [0.15, 0.2) is 137 Å². The number of amides is 2. The molecule has 2 aliphatic heterocycles. The third kappa shape index (κ3) is 9.43. The molecule has 2 aromatic heterocycles. The molecule has 0 spiro atoms. The van der Waals surface area contributed by atoms with E-state index in [1.165, 1.54) is 23.6 Å². The Morgan fingerprint density at radius 2 is 1.53 bits per heavy atom. The number of anilines is 1. The molecular weight excluding hydrogens is 853 g/mol. The van der Waals surface area contributed by atoms with Crippen molar-refractivity contribution in [3.63, 3.8) is 0 Å². The monoisotopic (exact) mass is 898 g/mol. The van der Waals surface area contributed by atoms with Crippen molar-refractivity contribution in [2.75, 3.05) is 11.5 Å². The maximum absolute atomic E-state index is 14.5. The number of pyridine rings is 1. The Labute approximate surface area is 378 Å². The van der Waals surface area contributed by atoms with E-state index < -0.39 is 47.2 Å². The van der Waals surface area contributed by atoms with Crippen LogP contribution in [0.25, 0.3) is 6.08 Å². The molecule has 5 aromatic rings. The van der Waals surface area contributed by atoms with Crippen LogP contribution in [-0.4, -0.2) is 74.1 Å². The highest BCUT2D eigenvalue weighted by Crippen LogP contribution is 2.43. The van der Waals surface area contributed by atoms with Crippen molar-refractivity contribution in [1.29, 1.82) is 0 Å². The van der Waals surface area contributed by atoms with Gasteiger partial charge in [-0.15, -0.1) is 23.1 Å². The zero-order valence-electron chi connectivity index (χ0n) is 35.1. The van der Waals surface area contributed by atoms with Gasteiger partial charge in [0.25, 0.3) is 11.8 Å². The number of esters is 1. The van der Waals surface area contributed by atoms with E-state index in [4.69, 9.17) is 24.8 Å². The third-order valence-electron chi connectivity index (χ3n) is 11.1. The molecule has 2 fully saturated rings. The topological polar surface area (TPSA) is 185 Å². The molecule has 8 rings (SSSR count). The van der Waals surface area contributed by atoms with Crippen LogP contribution in [0.1, 0.15) is 72.7 Å². The standard InChI is InChI=1S/C48H46N6O8S2/c1-30-32(16-15-27-50-30)25-26-33-28-63-44-40(43(56)54(44)41(33)45(57)59-31(2)60-47(58)61-37-23-13-6-14-24-37)52-42(55)39(38-29-64-46(49)51-38)53-62-48(34-17-7-3-8-18-34,35-19-9-4-10-20-35)36-21-11-5-12-22-36/h3-5,7-12,15-22,25-27,29,31,37,40,44H,6,13-14,23-24,28H2,1-2H3,(H2,49,51)(H,52,55)/b26-25-,53-39?/t31?,40-,44-/m1/s1. The van der Waals surface area contributed by atoms with Crippen LogP contribution in [0.5, 0.6) is 0 Å². The Hall–Kier alpha value is -6.78. The summed E-state index contributed by atoms with van der Waals surface area (Å²) in [6.07, 6.45) is 7.16. The number of aryl methyl sites for hydroxylation is 1. The molecule has 64 heavy (non-hydrogen) atoms. The lowest BCUT2D eigenvalue weighted by Gasteiger charge is -2.49. The number of allylic oxidation sites excluding steroid dienone is 1. The fourth-order valence-electron chi connectivity index (χ4n) is 7.94. The Kier molecular flexibility index (Phi) is 13.5. The van der Waals surface area contributed by atoms with E-state index in [1.54, 1.807) is 29.8 Å². The smallest absolute Gasteiger partial charge is 0.431 e. The number of ether oxygens (including phenoxy) is 3. The number of aromatic nitrogens is 2. The number of hydrogen-bond donors (Lipinski definition) is 2. The molecule has 1 unspecified atom stereocenters. The second kappa shape index (κ2) is 19.7. The van der Waals surface area contributed by atoms with Gasteiger partial charge in [0, 0.05) is 46.6 Å². The van der Waals surface area contributed by atoms with Gasteiger partial charge in [0.1, 0.15) is 28.9 Å². The largest absolute Gasteiger partial charge is 0.511 e. The molecule has 1 saturated carbocycles. The number of fused-ring (bicyclic) bond motifs is 1. The van der Waals surface area contributed by atoms with Crippen molar-refractivity contribution in [3.05, 3.63) is 166 Å². The summed E-state index contributed by atoms with van der Waals surface area (Å²) >= 11 is 2.47. The number of benzene rings is 3. The van der Waals surface area contributed by atoms with Crippen LogP contribution in [0.2, 0.25) is 0 Å². The highest BCUT2D eigenvalue weighted by atomic mass is 32.2. The first kappa shape index (κ1) is 43.9. The van der Waals surface area contributed by atoms with E-state index in [1.807, 2.05) is 104 Å². The normalized spacial score (nSPS) is 18.4. The number of thiazole rings is 1. The van der Waals surface area contributed by atoms with Gasteiger partial charge in [0.2, 0.25) is 11.9 Å². The molecular formula is C48H46N6O8S2. The zero-order chi connectivity index (χ0) is 44.6. The second-order valence-electron chi connectivity index (χ2n) is 15.3. The number of nitrogens with two attached hydrogens (primary N) is 1. The summed E-state index contributed by atoms with van der Waals surface area (Å²) in [4.78, 5) is 72.1. The summed E-state index contributed by atoms with van der Waals surface area (Å²) in [6.45, 7) is 3.27. The van der Waals surface area contributed by atoms with Gasteiger partial charge in [-0.1, -0.05) is 121 Å². The predicted octanol–water partition coefficient (Wildman–Crippen LogP) is 7.88. The van der Waals surface area contributed by atoms with Gasteiger partial charge in [-0.25, -0.2) is 14.6 Å². The van der Waals surface area contributed by atoms with E-state index >= 15 is 0 Å². The molecule has 4 heterocycles. The number of hydrogen-bond acceptors (Lipinski definition) is 14. The summed E-state index contributed by atoms with van der Waals surface area (Å²) in [5.41, 5.74) is 8.91. The molecule has 328 valence electrons. The average Bonchev–Trinajstić information content (AvgIpc) is 3.75. The first-order chi connectivity index (χ1) is 31.1. The quantitative estimate of drug-likeness (QED) is 0.0275. The van der Waals surface area contributed by atoms with Crippen LogP contribution in [0.3, 0.4) is 0 Å². The van der Waals surface area contributed by atoms with Crippen LogP contribution < -0.4 is 11.1 Å².